The Morgan fingerprint density at radius 1 is 1.03 bits per heavy atom. The quantitative estimate of drug-likeness (QED) is 0.461. The molecule has 3 heterocycles. The molecule has 4 rings (SSSR count). The number of nitrogens with one attached hydrogen (secondary N) is 1. The van der Waals surface area contributed by atoms with E-state index >= 15 is 0 Å². The van der Waals surface area contributed by atoms with Crippen LogP contribution in [0.4, 0.5) is 5.13 Å². The van der Waals surface area contributed by atoms with E-state index in [-0.39, 0.29) is 12.0 Å². The zero-order valence-corrected chi connectivity index (χ0v) is 17.4. The molecule has 1 amide bonds. The summed E-state index contributed by atoms with van der Waals surface area (Å²) in [4.78, 5) is 26.6. The minimum atomic E-state index is -0.272. The average Bonchev–Trinajstić information content (AvgIpc) is 3.15. The van der Waals surface area contributed by atoms with Crippen molar-refractivity contribution in [2.24, 2.45) is 0 Å². The summed E-state index contributed by atoms with van der Waals surface area (Å²) in [6.07, 6.45) is 3.10. The maximum atomic E-state index is 12.6. The number of amides is 1. The van der Waals surface area contributed by atoms with Gasteiger partial charge in [0, 0.05) is 18.5 Å². The predicted molar refractivity (Wildman–Crippen MR) is 118 cm³/mol. The van der Waals surface area contributed by atoms with Gasteiger partial charge < -0.3 is 4.74 Å². The molecule has 4 aromatic rings. The van der Waals surface area contributed by atoms with Crippen LogP contribution in [0.2, 0.25) is 0 Å². The highest BCUT2D eigenvalue weighted by Crippen LogP contribution is 2.31. The number of hydrogen-bond acceptors (Lipinski definition) is 6. The third-order valence-corrected chi connectivity index (χ3v) is 5.58. The van der Waals surface area contributed by atoms with Gasteiger partial charge in [-0.05, 0) is 37.6 Å². The van der Waals surface area contributed by atoms with Gasteiger partial charge in [-0.1, -0.05) is 47.7 Å². The smallest absolute Gasteiger partial charge is 0.259 e. The Hall–Kier alpha value is -3.58. The molecule has 1 N–H and O–H groups in total. The highest BCUT2D eigenvalue weighted by Gasteiger charge is 2.15. The van der Waals surface area contributed by atoms with Gasteiger partial charge in [-0.15, -0.1) is 0 Å². The number of ether oxygens (including phenoxy) is 1. The lowest BCUT2D eigenvalue weighted by Gasteiger charge is -2.14. The number of anilines is 1. The van der Waals surface area contributed by atoms with Gasteiger partial charge in [-0.2, -0.15) is 0 Å². The lowest BCUT2D eigenvalue weighted by Crippen LogP contribution is -2.12. The third-order valence-electron chi connectivity index (χ3n) is 4.48. The molecule has 0 unspecified atom stereocenters. The van der Waals surface area contributed by atoms with E-state index in [1.165, 1.54) is 17.5 Å². The maximum Gasteiger partial charge on any atom is 0.259 e. The number of aromatic nitrogens is 3. The van der Waals surface area contributed by atoms with Crippen molar-refractivity contribution in [1.29, 1.82) is 0 Å². The molecule has 30 heavy (non-hydrogen) atoms. The fourth-order valence-electron chi connectivity index (χ4n) is 2.91. The summed E-state index contributed by atoms with van der Waals surface area (Å²) in [7, 11) is 0. The summed E-state index contributed by atoms with van der Waals surface area (Å²) < 4.78 is 5.86. The lowest BCUT2D eigenvalue weighted by atomic mass is 10.1. The molecule has 3 aromatic heterocycles. The number of pyridine rings is 2. The molecule has 0 saturated carbocycles. The van der Waals surface area contributed by atoms with E-state index in [1.54, 1.807) is 18.3 Å². The van der Waals surface area contributed by atoms with E-state index < -0.39 is 0 Å². The van der Waals surface area contributed by atoms with Crippen LogP contribution in [0.25, 0.3) is 10.6 Å². The van der Waals surface area contributed by atoms with E-state index in [9.17, 15) is 4.79 Å². The second kappa shape index (κ2) is 8.84. The number of benzene rings is 1. The predicted octanol–water partition coefficient (Wildman–Crippen LogP) is 5.30. The molecule has 0 spiro atoms. The first-order valence-corrected chi connectivity index (χ1v) is 10.3. The van der Waals surface area contributed by atoms with Gasteiger partial charge in [-0.3, -0.25) is 15.1 Å². The Kier molecular flexibility index (Phi) is 5.81. The Morgan fingerprint density at radius 2 is 1.83 bits per heavy atom. The zero-order chi connectivity index (χ0) is 20.9. The molecule has 0 saturated heterocycles. The largest absolute Gasteiger partial charge is 0.470 e. The highest BCUT2D eigenvalue weighted by molar-refractivity contribution is 7.19. The highest BCUT2D eigenvalue weighted by atomic mass is 32.1. The minimum absolute atomic E-state index is 0.137. The van der Waals surface area contributed by atoms with Crippen LogP contribution in [-0.4, -0.2) is 20.9 Å². The normalized spacial score (nSPS) is 11.7. The van der Waals surface area contributed by atoms with Gasteiger partial charge in [-0.25, -0.2) is 9.97 Å². The van der Waals surface area contributed by atoms with Crippen LogP contribution >= 0.6 is 11.3 Å². The minimum Gasteiger partial charge on any atom is -0.470 e. The summed E-state index contributed by atoms with van der Waals surface area (Å²) >= 11 is 1.39. The number of rotatable bonds is 6. The van der Waals surface area contributed by atoms with E-state index in [0.29, 0.717) is 16.6 Å². The van der Waals surface area contributed by atoms with Gasteiger partial charge >= 0.3 is 0 Å². The molecule has 6 nitrogen and oxygen atoms in total. The van der Waals surface area contributed by atoms with Crippen LogP contribution in [0, 0.1) is 6.92 Å². The van der Waals surface area contributed by atoms with Crippen molar-refractivity contribution in [3.8, 4) is 16.5 Å². The Balaban J connectivity index is 1.42. The van der Waals surface area contributed by atoms with Crippen molar-refractivity contribution in [2.45, 2.75) is 20.0 Å². The summed E-state index contributed by atoms with van der Waals surface area (Å²) in [5.74, 6) is 0.192. The average molecular weight is 417 g/mol. The fraction of sp³-hybridized carbons (Fsp3) is 0.130. The molecular formula is C23H20N4O2S. The molecule has 1 aromatic carbocycles. The number of aryl methyl sites for hydroxylation is 1. The molecular weight excluding hydrogens is 396 g/mol. The van der Waals surface area contributed by atoms with Crippen molar-refractivity contribution in [3.63, 3.8) is 0 Å². The molecule has 150 valence electrons. The second-order valence-electron chi connectivity index (χ2n) is 6.66. The van der Waals surface area contributed by atoms with E-state index in [1.807, 2.05) is 62.4 Å². The van der Waals surface area contributed by atoms with Crippen LogP contribution in [0.15, 0.2) is 73.1 Å². The molecule has 0 aliphatic heterocycles. The molecule has 7 heteroatoms. The molecule has 0 aliphatic rings. The molecule has 0 radical (unpaired) electrons. The van der Waals surface area contributed by atoms with E-state index in [2.05, 4.69) is 20.3 Å². The van der Waals surface area contributed by atoms with Gasteiger partial charge in [0.15, 0.2) is 5.13 Å². The van der Waals surface area contributed by atoms with E-state index in [0.717, 1.165) is 21.8 Å². The van der Waals surface area contributed by atoms with Crippen molar-refractivity contribution in [3.05, 3.63) is 89.9 Å². The molecule has 0 fully saturated rings. The van der Waals surface area contributed by atoms with Crippen molar-refractivity contribution < 1.29 is 9.53 Å². The van der Waals surface area contributed by atoms with Crippen molar-refractivity contribution in [2.75, 3.05) is 5.32 Å². The molecule has 0 bridgehead atoms. The van der Waals surface area contributed by atoms with Crippen LogP contribution in [0.1, 0.15) is 34.6 Å². The molecule has 1 atom stereocenters. The summed E-state index contributed by atoms with van der Waals surface area (Å²) in [5, 5.41) is 3.36. The van der Waals surface area contributed by atoms with E-state index in [4.69, 9.17) is 4.74 Å². The standard InChI is InChI=1S/C23H20N4O2S/c1-15-21(19-10-6-7-13-24-19)30-23(26-15)27-22(28)18-11-12-20(25-14-18)29-16(2)17-8-4-3-5-9-17/h3-14,16H,1-2H3,(H,26,27,28)/t16-/m1/s1. The third kappa shape index (κ3) is 4.52. The van der Waals surface area contributed by atoms with Gasteiger partial charge in [0.1, 0.15) is 6.10 Å². The van der Waals surface area contributed by atoms with Gasteiger partial charge in [0.25, 0.3) is 5.91 Å². The van der Waals surface area contributed by atoms with Crippen LogP contribution in [0.3, 0.4) is 0 Å². The number of carbonyl (C=O) groups excluding carboxylic acids is 1. The zero-order valence-electron chi connectivity index (χ0n) is 16.6. The second-order valence-corrected chi connectivity index (χ2v) is 7.66. The van der Waals surface area contributed by atoms with Crippen LogP contribution in [0.5, 0.6) is 5.88 Å². The number of thiazole rings is 1. The Labute approximate surface area is 178 Å². The first-order chi connectivity index (χ1) is 14.6. The first kappa shape index (κ1) is 19.7. The Morgan fingerprint density at radius 3 is 2.53 bits per heavy atom. The van der Waals surface area contributed by atoms with Gasteiger partial charge in [0.05, 0.1) is 21.8 Å². The van der Waals surface area contributed by atoms with Gasteiger partial charge in [0.2, 0.25) is 5.88 Å². The SMILES string of the molecule is Cc1nc(NC(=O)c2ccc(O[C@H](C)c3ccccc3)nc2)sc1-c1ccccn1. The van der Waals surface area contributed by atoms with Crippen LogP contribution in [-0.2, 0) is 0 Å². The monoisotopic (exact) mass is 416 g/mol. The van der Waals surface area contributed by atoms with Crippen molar-refractivity contribution >= 4 is 22.4 Å². The number of nitrogens with zero attached hydrogens (tertiary/aromatic N) is 3. The first-order valence-electron chi connectivity index (χ1n) is 9.48. The summed E-state index contributed by atoms with van der Waals surface area (Å²) in [6, 6.07) is 19.0. The fourth-order valence-corrected chi connectivity index (χ4v) is 3.85. The summed E-state index contributed by atoms with van der Waals surface area (Å²) in [6.45, 7) is 3.86. The van der Waals surface area contributed by atoms with Crippen LogP contribution < -0.4 is 10.1 Å². The maximum absolute atomic E-state index is 12.6. The topological polar surface area (TPSA) is 77.0 Å². The van der Waals surface area contributed by atoms with Crippen molar-refractivity contribution in [1.82, 2.24) is 15.0 Å². The lowest BCUT2D eigenvalue weighted by molar-refractivity contribution is 0.102. The summed E-state index contributed by atoms with van der Waals surface area (Å²) in [5.41, 5.74) is 3.15. The Bertz CT molecular complexity index is 1130. The number of carbonyl (C=O) groups is 1. The molecule has 0 aliphatic carbocycles. The number of hydrogen-bond donors (Lipinski definition) is 1.